The van der Waals surface area contributed by atoms with Gasteiger partial charge in [0.25, 0.3) is 0 Å². The van der Waals surface area contributed by atoms with Crippen LogP contribution in [0.1, 0.15) is 77.0 Å². The Hall–Kier alpha value is -3.63. The number of carbonyl (C=O) groups is 5. The number of esters is 1. The van der Waals surface area contributed by atoms with E-state index < -0.39 is 60.4 Å². The molecule has 2 unspecified atom stereocenters. The summed E-state index contributed by atoms with van der Waals surface area (Å²) in [7, 11) is 1.20. The molecule has 212 valence electrons. The summed E-state index contributed by atoms with van der Waals surface area (Å²) in [5, 5.41) is 4.98. The first kappa shape index (κ1) is 32.4. The monoisotopic (exact) mass is 534 g/mol. The third-order valence-corrected chi connectivity index (χ3v) is 5.61. The minimum atomic E-state index is -1.37. The van der Waals surface area contributed by atoms with Crippen molar-refractivity contribution in [3.8, 4) is 0 Å². The van der Waals surface area contributed by atoms with Crippen LogP contribution >= 0.6 is 0 Å². The third-order valence-electron chi connectivity index (χ3n) is 5.61. The number of hydrogen-bond acceptors (Lipinski definition) is 7. The molecule has 1 rings (SSSR count). The van der Waals surface area contributed by atoms with E-state index in [-0.39, 0.29) is 6.54 Å². The molecule has 0 aliphatic rings. The second-order valence-corrected chi connectivity index (χ2v) is 10.0. The normalized spacial score (nSPS) is 12.6. The van der Waals surface area contributed by atoms with E-state index in [1.54, 1.807) is 52.0 Å². The first-order chi connectivity index (χ1) is 17.8. The van der Waals surface area contributed by atoms with E-state index in [1.807, 2.05) is 6.92 Å². The minimum absolute atomic E-state index is 0.161. The average Bonchev–Trinajstić information content (AvgIpc) is 2.82. The molecule has 0 heterocycles. The lowest BCUT2D eigenvalue weighted by Gasteiger charge is -2.35. The van der Waals surface area contributed by atoms with E-state index in [0.29, 0.717) is 12.0 Å². The average molecular weight is 535 g/mol. The Morgan fingerprint density at radius 2 is 1.71 bits per heavy atom. The number of aryl methyl sites for hydroxylation is 1. The van der Waals surface area contributed by atoms with Crippen LogP contribution in [0.4, 0.5) is 4.79 Å². The topological polar surface area (TPSA) is 157 Å². The molecule has 1 aromatic carbocycles. The zero-order valence-electron chi connectivity index (χ0n) is 23.3. The predicted octanol–water partition coefficient (Wildman–Crippen LogP) is 2.50. The highest BCUT2D eigenvalue weighted by molar-refractivity contribution is 5.95. The number of alkyl carbamates (subject to hydrolysis) is 1. The summed E-state index contributed by atoms with van der Waals surface area (Å²) in [4.78, 5) is 64.9. The highest BCUT2D eigenvalue weighted by Gasteiger charge is 2.37. The Balaban J connectivity index is 3.51. The van der Waals surface area contributed by atoms with Crippen LogP contribution in [0, 0.1) is 6.92 Å². The standard InChI is InChI=1S/C27H42N4O7/c1-7-8-9-12-15-31(25(35)20(16-21(28)32)30-26(36)38-27(3,4)5)23(19-14-11-10-13-18(19)2)24(34)29-17-22(33)37-6/h10-11,13-14,20,23H,7-9,12,15-17H2,1-6H3,(H2,28,32)(H,29,34)(H,30,36). The molecule has 0 saturated carbocycles. The van der Waals surface area contributed by atoms with Gasteiger partial charge < -0.3 is 30.7 Å². The summed E-state index contributed by atoms with van der Waals surface area (Å²) >= 11 is 0. The summed E-state index contributed by atoms with van der Waals surface area (Å²) in [6.07, 6.45) is 1.86. The van der Waals surface area contributed by atoms with Crippen molar-refractivity contribution < 1.29 is 33.4 Å². The zero-order chi connectivity index (χ0) is 28.9. The van der Waals surface area contributed by atoms with Crippen molar-refractivity contribution in [2.75, 3.05) is 20.2 Å². The molecule has 0 spiro atoms. The molecule has 0 aliphatic heterocycles. The van der Waals surface area contributed by atoms with Crippen molar-refractivity contribution in [2.24, 2.45) is 5.73 Å². The smallest absolute Gasteiger partial charge is 0.408 e. The molecule has 4 amide bonds. The molecule has 38 heavy (non-hydrogen) atoms. The maximum absolute atomic E-state index is 13.9. The molecule has 0 bridgehead atoms. The fraction of sp³-hybridized carbons (Fsp3) is 0.593. The summed E-state index contributed by atoms with van der Waals surface area (Å²) < 4.78 is 9.91. The number of primary amides is 1. The number of amides is 4. The molecule has 0 saturated heterocycles. The molecule has 1 aromatic rings. The van der Waals surface area contributed by atoms with E-state index in [0.717, 1.165) is 24.8 Å². The van der Waals surface area contributed by atoms with Crippen molar-refractivity contribution in [2.45, 2.75) is 84.4 Å². The van der Waals surface area contributed by atoms with Gasteiger partial charge in [0.05, 0.1) is 13.5 Å². The lowest BCUT2D eigenvalue weighted by molar-refractivity contribution is -0.145. The minimum Gasteiger partial charge on any atom is -0.468 e. The molecular weight excluding hydrogens is 492 g/mol. The van der Waals surface area contributed by atoms with Gasteiger partial charge in [-0.1, -0.05) is 50.5 Å². The van der Waals surface area contributed by atoms with E-state index in [1.165, 1.54) is 12.0 Å². The molecule has 0 aliphatic carbocycles. The molecule has 2 atom stereocenters. The van der Waals surface area contributed by atoms with Gasteiger partial charge in [-0.05, 0) is 45.2 Å². The Kier molecular flexibility index (Phi) is 13.3. The molecule has 0 radical (unpaired) electrons. The fourth-order valence-corrected chi connectivity index (χ4v) is 3.80. The fourth-order valence-electron chi connectivity index (χ4n) is 3.80. The van der Waals surface area contributed by atoms with Crippen molar-refractivity contribution in [3.05, 3.63) is 35.4 Å². The van der Waals surface area contributed by atoms with Gasteiger partial charge in [0.1, 0.15) is 24.2 Å². The molecular formula is C27H42N4O7. The molecule has 11 heteroatoms. The van der Waals surface area contributed by atoms with Gasteiger partial charge in [-0.15, -0.1) is 0 Å². The van der Waals surface area contributed by atoms with Gasteiger partial charge in [-0.3, -0.25) is 19.2 Å². The first-order valence-electron chi connectivity index (χ1n) is 12.8. The predicted molar refractivity (Wildman–Crippen MR) is 142 cm³/mol. The van der Waals surface area contributed by atoms with E-state index in [4.69, 9.17) is 10.5 Å². The highest BCUT2D eigenvalue weighted by Crippen LogP contribution is 2.26. The zero-order valence-corrected chi connectivity index (χ0v) is 23.3. The third kappa shape index (κ3) is 11.2. The number of nitrogens with zero attached hydrogens (tertiary/aromatic N) is 1. The summed E-state index contributed by atoms with van der Waals surface area (Å²) in [5.41, 5.74) is 5.84. The number of hydrogen-bond donors (Lipinski definition) is 3. The van der Waals surface area contributed by atoms with Crippen LogP contribution in [-0.2, 0) is 28.7 Å². The number of carbonyl (C=O) groups excluding carboxylic acids is 5. The van der Waals surface area contributed by atoms with Gasteiger partial charge in [0.15, 0.2) is 0 Å². The van der Waals surface area contributed by atoms with E-state index in [2.05, 4.69) is 15.4 Å². The summed E-state index contributed by atoms with van der Waals surface area (Å²) in [5.74, 6) is -2.75. The van der Waals surface area contributed by atoms with Gasteiger partial charge in [-0.2, -0.15) is 0 Å². The van der Waals surface area contributed by atoms with Crippen LogP contribution in [0.2, 0.25) is 0 Å². The molecule has 11 nitrogen and oxygen atoms in total. The number of nitrogens with two attached hydrogens (primary N) is 1. The number of benzene rings is 1. The maximum Gasteiger partial charge on any atom is 0.408 e. The molecule has 0 aromatic heterocycles. The van der Waals surface area contributed by atoms with Crippen LogP contribution in [0.25, 0.3) is 0 Å². The van der Waals surface area contributed by atoms with Crippen molar-refractivity contribution in [1.82, 2.24) is 15.5 Å². The van der Waals surface area contributed by atoms with Crippen LogP contribution in [0.5, 0.6) is 0 Å². The number of methoxy groups -OCH3 is 1. The van der Waals surface area contributed by atoms with E-state index in [9.17, 15) is 24.0 Å². The number of unbranched alkanes of at least 4 members (excludes halogenated alkanes) is 3. The van der Waals surface area contributed by atoms with Gasteiger partial charge in [0, 0.05) is 6.54 Å². The van der Waals surface area contributed by atoms with Crippen molar-refractivity contribution in [1.29, 1.82) is 0 Å². The van der Waals surface area contributed by atoms with Gasteiger partial charge in [-0.25, -0.2) is 4.79 Å². The van der Waals surface area contributed by atoms with Crippen molar-refractivity contribution in [3.63, 3.8) is 0 Å². The number of nitrogens with one attached hydrogen (secondary N) is 2. The van der Waals surface area contributed by atoms with Crippen molar-refractivity contribution >= 4 is 29.8 Å². The highest BCUT2D eigenvalue weighted by atomic mass is 16.6. The quantitative estimate of drug-likeness (QED) is 0.244. The van der Waals surface area contributed by atoms with E-state index >= 15 is 0 Å². The Labute approximate surface area is 224 Å². The van der Waals surface area contributed by atoms with Gasteiger partial charge in [0.2, 0.25) is 17.7 Å². The number of ether oxygens (including phenoxy) is 2. The lowest BCUT2D eigenvalue weighted by Crippen LogP contribution is -2.54. The van der Waals surface area contributed by atoms with Crippen LogP contribution in [0.3, 0.4) is 0 Å². The second kappa shape index (κ2) is 15.6. The Morgan fingerprint density at radius 3 is 2.26 bits per heavy atom. The Bertz CT molecular complexity index is 974. The maximum atomic E-state index is 13.9. The van der Waals surface area contributed by atoms with Gasteiger partial charge >= 0.3 is 12.1 Å². The number of rotatable bonds is 14. The Morgan fingerprint density at radius 1 is 1.05 bits per heavy atom. The molecule has 0 fully saturated rings. The summed E-state index contributed by atoms with van der Waals surface area (Å²) in [6.45, 7) is 8.61. The van der Waals surface area contributed by atoms with Crippen LogP contribution in [0.15, 0.2) is 24.3 Å². The summed E-state index contributed by atoms with van der Waals surface area (Å²) in [6, 6.07) is 4.54. The molecule has 4 N–H and O–H groups in total. The first-order valence-corrected chi connectivity index (χ1v) is 12.8. The second-order valence-electron chi connectivity index (χ2n) is 10.0. The largest absolute Gasteiger partial charge is 0.468 e. The SMILES string of the molecule is CCCCCCN(C(=O)C(CC(N)=O)NC(=O)OC(C)(C)C)C(C(=O)NCC(=O)OC)c1ccccc1C. The van der Waals surface area contributed by atoms with Crippen LogP contribution in [-0.4, -0.2) is 66.5 Å². The lowest BCUT2D eigenvalue weighted by atomic mass is 9.97. The van der Waals surface area contributed by atoms with Crippen LogP contribution < -0.4 is 16.4 Å².